The van der Waals surface area contributed by atoms with Gasteiger partial charge in [0.1, 0.15) is 0 Å². The number of aromatic nitrogens is 1. The van der Waals surface area contributed by atoms with Gasteiger partial charge < -0.3 is 5.11 Å². The zero-order valence-electron chi connectivity index (χ0n) is 13.7. The number of pyridine rings is 1. The van der Waals surface area contributed by atoms with Crippen LogP contribution < -0.4 is 0 Å². The monoisotopic (exact) mass is 287 g/mol. The van der Waals surface area contributed by atoms with E-state index < -0.39 is 5.97 Å². The maximum Gasteiger partial charge on any atom is 0.303 e. The Hall–Kier alpha value is -1.90. The fraction of sp³-hybridized carbons (Fsp3) is 0.444. The average molecular weight is 287 g/mol. The van der Waals surface area contributed by atoms with Gasteiger partial charge in [0.05, 0.1) is 0 Å². The number of nitrogens with zero attached hydrogens (tertiary/aromatic N) is 1. The number of aryl methyl sites for hydroxylation is 2. The van der Waals surface area contributed by atoms with Gasteiger partial charge in [0, 0.05) is 23.4 Å². The minimum atomic E-state index is -0.768. The SMILES string of the molecule is C/C=C\C=C(/CC)c1c(C)nc(C)c(CCC(=O)O)c1C. The summed E-state index contributed by atoms with van der Waals surface area (Å²) in [6.45, 7) is 10.2. The van der Waals surface area contributed by atoms with Gasteiger partial charge in [-0.3, -0.25) is 9.78 Å². The highest BCUT2D eigenvalue weighted by Crippen LogP contribution is 2.29. The van der Waals surface area contributed by atoms with Gasteiger partial charge >= 0.3 is 5.97 Å². The highest BCUT2D eigenvalue weighted by molar-refractivity contribution is 5.72. The van der Waals surface area contributed by atoms with Crippen molar-refractivity contribution >= 4 is 11.5 Å². The first-order chi connectivity index (χ1) is 9.92. The molecule has 1 aromatic rings. The molecule has 0 radical (unpaired) electrons. The maximum absolute atomic E-state index is 10.8. The molecule has 3 nitrogen and oxygen atoms in total. The van der Waals surface area contributed by atoms with Crippen molar-refractivity contribution in [1.82, 2.24) is 4.98 Å². The summed E-state index contributed by atoms with van der Waals surface area (Å²) < 4.78 is 0. The molecule has 1 heterocycles. The van der Waals surface area contributed by atoms with Gasteiger partial charge in [0.2, 0.25) is 0 Å². The Morgan fingerprint density at radius 3 is 2.43 bits per heavy atom. The standard InChI is InChI=1S/C18H25NO2/c1-6-8-9-15(7-2)18-12(3)16(10-11-17(20)21)13(4)19-14(18)5/h6,8-9H,7,10-11H2,1-5H3,(H,20,21)/b8-6-,15-9+. The second-order valence-corrected chi connectivity index (χ2v) is 5.23. The molecule has 0 aliphatic carbocycles. The van der Waals surface area contributed by atoms with Gasteiger partial charge in [-0.05, 0) is 57.2 Å². The smallest absolute Gasteiger partial charge is 0.303 e. The zero-order chi connectivity index (χ0) is 16.0. The lowest BCUT2D eigenvalue weighted by Gasteiger charge is -2.17. The van der Waals surface area contributed by atoms with Crippen molar-refractivity contribution in [2.75, 3.05) is 0 Å². The van der Waals surface area contributed by atoms with Gasteiger partial charge in [-0.25, -0.2) is 0 Å². The molecule has 0 saturated carbocycles. The van der Waals surface area contributed by atoms with Crippen molar-refractivity contribution in [3.8, 4) is 0 Å². The highest BCUT2D eigenvalue weighted by atomic mass is 16.4. The van der Waals surface area contributed by atoms with E-state index in [-0.39, 0.29) is 6.42 Å². The van der Waals surface area contributed by atoms with Crippen LogP contribution in [0.3, 0.4) is 0 Å². The molecule has 0 fully saturated rings. The molecular weight excluding hydrogens is 262 g/mol. The Kier molecular flexibility index (Phi) is 6.35. The van der Waals surface area contributed by atoms with Crippen molar-refractivity contribution in [1.29, 1.82) is 0 Å². The van der Waals surface area contributed by atoms with Gasteiger partial charge in [-0.1, -0.05) is 25.2 Å². The second-order valence-electron chi connectivity index (χ2n) is 5.23. The van der Waals surface area contributed by atoms with Gasteiger partial charge in [-0.15, -0.1) is 0 Å². The Labute approximate surface area is 127 Å². The van der Waals surface area contributed by atoms with Crippen molar-refractivity contribution in [2.24, 2.45) is 0 Å². The molecule has 3 heteroatoms. The van der Waals surface area contributed by atoms with E-state index in [0.29, 0.717) is 6.42 Å². The molecule has 0 unspecified atom stereocenters. The van der Waals surface area contributed by atoms with E-state index in [1.807, 2.05) is 32.9 Å². The Balaban J connectivity index is 3.38. The molecule has 0 aliphatic heterocycles. The van der Waals surface area contributed by atoms with Gasteiger partial charge in [0.15, 0.2) is 0 Å². The maximum atomic E-state index is 10.8. The molecule has 1 aromatic heterocycles. The van der Waals surface area contributed by atoms with E-state index in [9.17, 15) is 4.79 Å². The number of hydrogen-bond acceptors (Lipinski definition) is 2. The number of rotatable bonds is 6. The first-order valence-electron chi connectivity index (χ1n) is 7.43. The summed E-state index contributed by atoms with van der Waals surface area (Å²) in [5.74, 6) is -0.768. The summed E-state index contributed by atoms with van der Waals surface area (Å²) in [4.78, 5) is 15.5. The summed E-state index contributed by atoms with van der Waals surface area (Å²) in [7, 11) is 0. The fourth-order valence-corrected chi connectivity index (χ4v) is 2.73. The second kappa shape index (κ2) is 7.77. The third-order valence-corrected chi connectivity index (χ3v) is 3.74. The molecule has 0 saturated heterocycles. The number of carboxylic acids is 1. The lowest BCUT2D eigenvalue weighted by atomic mass is 9.91. The van der Waals surface area contributed by atoms with Gasteiger partial charge in [0.25, 0.3) is 0 Å². The Bertz CT molecular complexity index is 583. The lowest BCUT2D eigenvalue weighted by Crippen LogP contribution is -2.07. The average Bonchev–Trinajstić information content (AvgIpc) is 2.41. The van der Waals surface area contributed by atoms with Crippen molar-refractivity contribution in [3.63, 3.8) is 0 Å². The third-order valence-electron chi connectivity index (χ3n) is 3.74. The van der Waals surface area contributed by atoms with Crippen LogP contribution in [0.5, 0.6) is 0 Å². The van der Waals surface area contributed by atoms with E-state index in [4.69, 9.17) is 5.11 Å². The van der Waals surface area contributed by atoms with E-state index in [2.05, 4.69) is 24.9 Å². The first kappa shape index (κ1) is 17.2. The fourth-order valence-electron chi connectivity index (χ4n) is 2.73. The van der Waals surface area contributed by atoms with Crippen LogP contribution in [0.4, 0.5) is 0 Å². The topological polar surface area (TPSA) is 50.2 Å². The first-order valence-corrected chi connectivity index (χ1v) is 7.43. The van der Waals surface area contributed by atoms with E-state index in [0.717, 1.165) is 23.4 Å². The van der Waals surface area contributed by atoms with Crippen LogP contribution in [-0.2, 0) is 11.2 Å². The van der Waals surface area contributed by atoms with Crippen molar-refractivity contribution < 1.29 is 9.90 Å². The van der Waals surface area contributed by atoms with Crippen LogP contribution in [0.2, 0.25) is 0 Å². The van der Waals surface area contributed by atoms with E-state index >= 15 is 0 Å². The molecule has 21 heavy (non-hydrogen) atoms. The molecule has 0 bridgehead atoms. The molecule has 1 rings (SSSR count). The van der Waals surface area contributed by atoms with Crippen LogP contribution in [0.15, 0.2) is 18.2 Å². The number of aliphatic carboxylic acids is 1. The molecule has 0 spiro atoms. The van der Waals surface area contributed by atoms with Gasteiger partial charge in [-0.2, -0.15) is 0 Å². The van der Waals surface area contributed by atoms with E-state index in [1.165, 1.54) is 16.7 Å². The van der Waals surface area contributed by atoms with Crippen molar-refractivity contribution in [2.45, 2.75) is 53.9 Å². The molecule has 114 valence electrons. The summed E-state index contributed by atoms with van der Waals surface area (Å²) in [6, 6.07) is 0. The molecule has 0 aliphatic rings. The highest BCUT2D eigenvalue weighted by Gasteiger charge is 2.15. The Morgan fingerprint density at radius 2 is 1.90 bits per heavy atom. The molecule has 1 N–H and O–H groups in total. The molecule has 0 atom stereocenters. The summed E-state index contributed by atoms with van der Waals surface area (Å²) >= 11 is 0. The van der Waals surface area contributed by atoms with Crippen LogP contribution >= 0.6 is 0 Å². The molecule has 0 aromatic carbocycles. The lowest BCUT2D eigenvalue weighted by molar-refractivity contribution is -0.136. The predicted octanol–water partition coefficient (Wildman–Crippen LogP) is 4.39. The summed E-state index contributed by atoms with van der Waals surface area (Å²) in [6.07, 6.45) is 7.77. The minimum Gasteiger partial charge on any atom is -0.481 e. The van der Waals surface area contributed by atoms with E-state index in [1.54, 1.807) is 0 Å². The molecule has 0 amide bonds. The molecular formula is C18H25NO2. The number of carboxylic acid groups (broad SMARTS) is 1. The Morgan fingerprint density at radius 1 is 1.24 bits per heavy atom. The van der Waals surface area contributed by atoms with Crippen LogP contribution in [-0.4, -0.2) is 16.1 Å². The van der Waals surface area contributed by atoms with Crippen LogP contribution in [0.1, 0.15) is 54.8 Å². The normalized spacial score (nSPS) is 12.1. The largest absolute Gasteiger partial charge is 0.481 e. The number of allylic oxidation sites excluding steroid dienone is 4. The number of hydrogen-bond donors (Lipinski definition) is 1. The number of carbonyl (C=O) groups is 1. The van der Waals surface area contributed by atoms with Crippen LogP contribution in [0.25, 0.3) is 5.57 Å². The zero-order valence-corrected chi connectivity index (χ0v) is 13.7. The summed E-state index contributed by atoms with van der Waals surface area (Å²) in [5, 5.41) is 8.91. The minimum absolute atomic E-state index is 0.145. The quantitative estimate of drug-likeness (QED) is 0.789. The summed E-state index contributed by atoms with van der Waals surface area (Å²) in [5.41, 5.74) is 6.60. The third kappa shape index (κ3) is 4.28. The van der Waals surface area contributed by atoms with Crippen LogP contribution in [0, 0.1) is 20.8 Å². The van der Waals surface area contributed by atoms with Crippen molar-refractivity contribution in [3.05, 3.63) is 46.3 Å². The predicted molar refractivity (Wildman–Crippen MR) is 87.5 cm³/mol.